The zero-order valence-electron chi connectivity index (χ0n) is 12.5. The monoisotopic (exact) mass is 294 g/mol. The normalized spacial score (nSPS) is 23.1. The van der Waals surface area contributed by atoms with E-state index >= 15 is 0 Å². The summed E-state index contributed by atoms with van der Waals surface area (Å²) in [5.41, 5.74) is 1.86. The molecule has 2 atom stereocenters. The molecule has 5 heteroatoms. The summed E-state index contributed by atoms with van der Waals surface area (Å²) in [6.45, 7) is 3.49. The minimum Gasteiger partial charge on any atom is -0.365 e. The van der Waals surface area contributed by atoms with E-state index in [1.54, 1.807) is 12.4 Å². The summed E-state index contributed by atoms with van der Waals surface area (Å²) < 4.78 is 0. The molecule has 2 aliphatic rings. The molecular weight excluding hydrogens is 276 g/mol. The lowest BCUT2D eigenvalue weighted by Gasteiger charge is -2.35. The number of Topliss-reactive ketones (excluding diaryl/α,β-unsaturated/α-hetero) is 1. The van der Waals surface area contributed by atoms with Crippen molar-refractivity contribution in [3.8, 4) is 0 Å². The predicted molar refractivity (Wildman–Crippen MR) is 85.4 cm³/mol. The van der Waals surface area contributed by atoms with Gasteiger partial charge < -0.3 is 9.80 Å². The summed E-state index contributed by atoms with van der Waals surface area (Å²) in [5, 5.41) is 0. The number of hydrogen-bond donors (Lipinski definition) is 0. The summed E-state index contributed by atoms with van der Waals surface area (Å²) >= 11 is 0. The molecule has 2 aliphatic heterocycles. The van der Waals surface area contributed by atoms with E-state index in [0.29, 0.717) is 17.6 Å². The third-order valence-electron chi connectivity index (χ3n) is 4.63. The number of rotatable bonds is 3. The van der Waals surface area contributed by atoms with E-state index in [9.17, 15) is 4.79 Å². The van der Waals surface area contributed by atoms with Crippen molar-refractivity contribution in [2.45, 2.75) is 25.4 Å². The van der Waals surface area contributed by atoms with Gasteiger partial charge in [-0.05, 0) is 25.5 Å². The maximum atomic E-state index is 11.3. The van der Waals surface area contributed by atoms with E-state index in [-0.39, 0.29) is 5.78 Å². The first-order valence-electron chi connectivity index (χ1n) is 7.63. The molecule has 4 rings (SSSR count). The molecule has 0 N–H and O–H groups in total. The average molecular weight is 294 g/mol. The van der Waals surface area contributed by atoms with Crippen LogP contribution < -0.4 is 9.80 Å². The third kappa shape index (κ3) is 2.13. The number of carbonyl (C=O) groups is 1. The van der Waals surface area contributed by atoms with Crippen molar-refractivity contribution in [3.63, 3.8) is 0 Å². The minimum atomic E-state index is 0.00439. The summed E-state index contributed by atoms with van der Waals surface area (Å²) in [6, 6.07) is 11.5. The van der Waals surface area contributed by atoms with Crippen LogP contribution in [-0.4, -0.2) is 40.9 Å². The van der Waals surface area contributed by atoms with Crippen molar-refractivity contribution >= 4 is 17.4 Å². The number of benzene rings is 1. The van der Waals surface area contributed by atoms with Gasteiger partial charge in [-0.1, -0.05) is 18.2 Å². The fourth-order valence-electron chi connectivity index (χ4n) is 3.50. The Morgan fingerprint density at radius 2 is 1.68 bits per heavy atom. The number of nitrogens with zero attached hydrogens (tertiary/aromatic N) is 4. The highest BCUT2D eigenvalue weighted by Crippen LogP contribution is 2.35. The second-order valence-electron chi connectivity index (χ2n) is 6.01. The Bertz CT molecular complexity index is 686. The molecule has 0 spiro atoms. The summed E-state index contributed by atoms with van der Waals surface area (Å²) in [4.78, 5) is 24.8. The van der Waals surface area contributed by atoms with Gasteiger partial charge >= 0.3 is 0 Å². The molecule has 2 unspecified atom stereocenters. The van der Waals surface area contributed by atoms with Gasteiger partial charge in [-0.15, -0.1) is 0 Å². The Morgan fingerprint density at radius 1 is 1.05 bits per heavy atom. The first-order chi connectivity index (χ1) is 10.7. The van der Waals surface area contributed by atoms with Crippen LogP contribution in [0.15, 0.2) is 42.7 Å². The van der Waals surface area contributed by atoms with Gasteiger partial charge in [0, 0.05) is 37.2 Å². The van der Waals surface area contributed by atoms with Gasteiger partial charge in [-0.2, -0.15) is 0 Å². The fraction of sp³-hybridized carbons (Fsp3) is 0.353. The lowest BCUT2D eigenvalue weighted by molar-refractivity contribution is 0.101. The van der Waals surface area contributed by atoms with Crippen LogP contribution in [0.25, 0.3) is 0 Å². The van der Waals surface area contributed by atoms with E-state index in [4.69, 9.17) is 0 Å². The van der Waals surface area contributed by atoms with E-state index in [1.165, 1.54) is 12.6 Å². The second kappa shape index (κ2) is 5.09. The number of aromatic nitrogens is 2. The van der Waals surface area contributed by atoms with Gasteiger partial charge in [-0.3, -0.25) is 4.79 Å². The lowest BCUT2D eigenvalue weighted by atomic mass is 10.2. The molecule has 3 heterocycles. The van der Waals surface area contributed by atoms with Gasteiger partial charge in [0.05, 0.1) is 11.6 Å². The molecule has 22 heavy (non-hydrogen) atoms. The quantitative estimate of drug-likeness (QED) is 0.812. The number of ketones is 1. The van der Waals surface area contributed by atoms with Gasteiger partial charge in [-0.25, -0.2) is 9.97 Å². The SMILES string of the molecule is CC(=O)c1cnc(N2CC3CC2CN3c2ccccc2)nc1. The van der Waals surface area contributed by atoms with Crippen molar-refractivity contribution < 1.29 is 4.79 Å². The average Bonchev–Trinajstić information content (AvgIpc) is 3.16. The molecule has 1 aromatic heterocycles. The van der Waals surface area contributed by atoms with Gasteiger partial charge in [0.25, 0.3) is 0 Å². The number of carbonyl (C=O) groups excluding carboxylic acids is 1. The number of para-hydroxylation sites is 1. The van der Waals surface area contributed by atoms with Crippen LogP contribution in [0.2, 0.25) is 0 Å². The summed E-state index contributed by atoms with van der Waals surface area (Å²) in [7, 11) is 0. The summed E-state index contributed by atoms with van der Waals surface area (Å²) in [6.07, 6.45) is 4.41. The molecule has 112 valence electrons. The molecule has 0 amide bonds. The van der Waals surface area contributed by atoms with Crippen molar-refractivity contribution in [1.82, 2.24) is 9.97 Å². The molecule has 5 nitrogen and oxygen atoms in total. The highest BCUT2D eigenvalue weighted by molar-refractivity contribution is 5.93. The van der Waals surface area contributed by atoms with Crippen molar-refractivity contribution in [1.29, 1.82) is 0 Å². The number of hydrogen-bond acceptors (Lipinski definition) is 5. The Morgan fingerprint density at radius 3 is 2.27 bits per heavy atom. The first kappa shape index (κ1) is 13.2. The lowest BCUT2D eigenvalue weighted by Crippen LogP contribution is -2.47. The standard InChI is InChI=1S/C17H18N4O/c1-12(22)13-8-18-17(19-9-13)21-11-15-7-16(21)10-20(15)14-5-3-2-4-6-14/h2-6,8-9,15-16H,7,10-11H2,1H3. The van der Waals surface area contributed by atoms with E-state index in [2.05, 4.69) is 50.1 Å². The van der Waals surface area contributed by atoms with Crippen LogP contribution >= 0.6 is 0 Å². The second-order valence-corrected chi connectivity index (χ2v) is 6.01. The van der Waals surface area contributed by atoms with Gasteiger partial charge in [0.1, 0.15) is 0 Å². The van der Waals surface area contributed by atoms with Crippen LogP contribution in [0.4, 0.5) is 11.6 Å². The van der Waals surface area contributed by atoms with Crippen molar-refractivity contribution in [2.75, 3.05) is 22.9 Å². The Labute approximate surface area is 129 Å². The zero-order valence-corrected chi connectivity index (χ0v) is 12.5. The molecular formula is C17H18N4O. The van der Waals surface area contributed by atoms with Crippen LogP contribution in [0, 0.1) is 0 Å². The first-order valence-corrected chi connectivity index (χ1v) is 7.63. The van der Waals surface area contributed by atoms with Crippen LogP contribution in [0.1, 0.15) is 23.7 Å². The van der Waals surface area contributed by atoms with Gasteiger partial charge in [0.15, 0.2) is 5.78 Å². The van der Waals surface area contributed by atoms with Gasteiger partial charge in [0.2, 0.25) is 5.95 Å². The molecule has 2 aromatic rings. The molecule has 1 aromatic carbocycles. The molecule has 2 bridgehead atoms. The highest BCUT2D eigenvalue weighted by Gasteiger charge is 2.44. The highest BCUT2D eigenvalue weighted by atomic mass is 16.1. The fourth-order valence-corrected chi connectivity index (χ4v) is 3.50. The van der Waals surface area contributed by atoms with E-state index in [1.807, 2.05) is 0 Å². The van der Waals surface area contributed by atoms with Crippen LogP contribution in [0.5, 0.6) is 0 Å². The molecule has 2 fully saturated rings. The number of anilines is 2. The molecule has 2 saturated heterocycles. The molecule has 0 radical (unpaired) electrons. The zero-order chi connectivity index (χ0) is 15.1. The predicted octanol–water partition coefficient (Wildman–Crippen LogP) is 2.15. The number of fused-ring (bicyclic) bond motifs is 2. The van der Waals surface area contributed by atoms with Crippen molar-refractivity contribution in [2.24, 2.45) is 0 Å². The van der Waals surface area contributed by atoms with E-state index < -0.39 is 0 Å². The molecule has 0 aliphatic carbocycles. The maximum absolute atomic E-state index is 11.3. The Hall–Kier alpha value is -2.43. The Balaban J connectivity index is 1.51. The van der Waals surface area contributed by atoms with Crippen LogP contribution in [0.3, 0.4) is 0 Å². The summed E-state index contributed by atoms with van der Waals surface area (Å²) in [5.74, 6) is 0.745. The topological polar surface area (TPSA) is 49.3 Å². The van der Waals surface area contributed by atoms with Crippen molar-refractivity contribution in [3.05, 3.63) is 48.3 Å². The van der Waals surface area contributed by atoms with Crippen LogP contribution in [-0.2, 0) is 0 Å². The Kier molecular flexibility index (Phi) is 3.06. The number of piperazine rings is 1. The maximum Gasteiger partial charge on any atom is 0.225 e. The molecule has 0 saturated carbocycles. The smallest absolute Gasteiger partial charge is 0.225 e. The largest absolute Gasteiger partial charge is 0.365 e. The minimum absolute atomic E-state index is 0.00439. The van der Waals surface area contributed by atoms with E-state index in [0.717, 1.165) is 25.5 Å². The third-order valence-corrected chi connectivity index (χ3v) is 4.63.